The summed E-state index contributed by atoms with van der Waals surface area (Å²) in [7, 11) is -7.12. The van der Waals surface area contributed by atoms with Gasteiger partial charge in [-0.2, -0.15) is 8.42 Å². The van der Waals surface area contributed by atoms with Crippen molar-refractivity contribution in [3.63, 3.8) is 0 Å². The van der Waals surface area contributed by atoms with E-state index in [9.17, 15) is 13.2 Å². The van der Waals surface area contributed by atoms with E-state index in [0.29, 0.717) is 20.4 Å². The van der Waals surface area contributed by atoms with Gasteiger partial charge in [0.05, 0.1) is 4.90 Å². The number of nitrogens with zero attached hydrogens (tertiary/aromatic N) is 2. The Morgan fingerprint density at radius 1 is 0.769 bits per heavy atom. The van der Waals surface area contributed by atoms with Crippen LogP contribution in [-0.4, -0.2) is 36.6 Å². The molecule has 4 aromatic rings. The van der Waals surface area contributed by atoms with E-state index >= 15 is 0 Å². The average molecular weight is 567 g/mol. The Kier molecular flexibility index (Phi) is 8.39. The monoisotopic (exact) mass is 566 g/mol. The lowest BCUT2D eigenvalue weighted by Gasteiger charge is -2.38. The number of carbonyl (C=O) groups excluding carboxylic acids is 1. The first kappa shape index (κ1) is 28.3. The van der Waals surface area contributed by atoms with Gasteiger partial charge in [-0.25, -0.2) is 8.42 Å². The maximum Gasteiger partial charge on any atom is 0.344 e. The van der Waals surface area contributed by atoms with Crippen molar-refractivity contribution in [3.05, 3.63) is 103 Å². The molecule has 0 aliphatic carbocycles. The van der Waals surface area contributed by atoms with Crippen LogP contribution in [0.1, 0.15) is 26.3 Å². The number of ether oxygens (including phenoxy) is 2. The molecule has 0 bridgehead atoms. The van der Waals surface area contributed by atoms with Crippen molar-refractivity contribution in [3.8, 4) is 5.75 Å². The maximum absolute atomic E-state index is 13.7. The Labute approximate surface area is 230 Å². The molecular formula is C29H30N2O6S2. The molecule has 0 fully saturated rings. The standard InChI is InChI=1S/C29H30N2O6S2/c1-22-9-13-25(14-10-22)39(33,34)37-38(26-7-5-17-30-19-26,27-8-6-18-31-20-27)24-15-11-23(12-16-24)35-21-28(32)36-29(2,3)4/h5-20H,21H2,1-4H3. The zero-order valence-electron chi connectivity index (χ0n) is 22.1. The van der Waals surface area contributed by atoms with Crippen molar-refractivity contribution in [1.82, 2.24) is 9.97 Å². The SMILES string of the molecule is Cc1ccc(S(=O)(=O)OS(c2ccc(OCC(=O)OC(C)(C)C)cc2)(c2cccnc2)c2cccnc2)cc1. The molecule has 4 rings (SSSR count). The second-order valence-corrected chi connectivity index (χ2v) is 14.1. The van der Waals surface area contributed by atoms with Crippen LogP contribution in [0.3, 0.4) is 0 Å². The molecule has 0 amide bonds. The van der Waals surface area contributed by atoms with Crippen molar-refractivity contribution >= 4 is 26.4 Å². The second-order valence-electron chi connectivity index (χ2n) is 9.62. The van der Waals surface area contributed by atoms with Gasteiger partial charge in [0.2, 0.25) is 0 Å². The van der Waals surface area contributed by atoms with Crippen molar-refractivity contribution in [2.45, 2.75) is 52.9 Å². The lowest BCUT2D eigenvalue weighted by Crippen LogP contribution is -2.27. The van der Waals surface area contributed by atoms with E-state index in [1.807, 2.05) is 6.92 Å². The molecule has 2 aromatic heterocycles. The van der Waals surface area contributed by atoms with Gasteiger partial charge in [-0.15, -0.1) is 0 Å². The predicted molar refractivity (Wildman–Crippen MR) is 148 cm³/mol. The van der Waals surface area contributed by atoms with E-state index in [1.165, 1.54) is 12.1 Å². The van der Waals surface area contributed by atoms with Crippen molar-refractivity contribution in [2.24, 2.45) is 0 Å². The molecule has 2 heterocycles. The number of pyridine rings is 2. The fraction of sp³-hybridized carbons (Fsp3) is 0.207. The number of rotatable bonds is 9. The van der Waals surface area contributed by atoms with E-state index in [0.717, 1.165) is 5.56 Å². The highest BCUT2D eigenvalue weighted by Gasteiger charge is 2.39. The minimum atomic E-state index is -4.24. The van der Waals surface area contributed by atoms with Crippen LogP contribution in [0, 0.1) is 6.92 Å². The summed E-state index contributed by atoms with van der Waals surface area (Å²) < 4.78 is 44.6. The summed E-state index contributed by atoms with van der Waals surface area (Å²) in [4.78, 5) is 22.4. The minimum Gasteiger partial charge on any atom is -0.482 e. The number of hydrogen-bond donors (Lipinski definition) is 0. The number of aromatic nitrogens is 2. The Bertz CT molecular complexity index is 1470. The first-order valence-electron chi connectivity index (χ1n) is 12.1. The molecule has 2 aromatic carbocycles. The van der Waals surface area contributed by atoms with Gasteiger partial charge in [0.25, 0.3) is 0 Å². The molecule has 0 atom stereocenters. The molecule has 0 radical (unpaired) electrons. The highest BCUT2D eigenvalue weighted by molar-refractivity contribution is 8.33. The summed E-state index contributed by atoms with van der Waals surface area (Å²) in [6.07, 6.45) is 6.41. The third kappa shape index (κ3) is 6.83. The van der Waals surface area contributed by atoms with E-state index in [-0.39, 0.29) is 11.5 Å². The number of hydrogen-bond acceptors (Lipinski definition) is 8. The normalized spacial score (nSPS) is 12.5. The van der Waals surface area contributed by atoms with E-state index < -0.39 is 32.0 Å². The summed E-state index contributed by atoms with van der Waals surface area (Å²) in [5, 5.41) is 0. The van der Waals surface area contributed by atoms with Gasteiger partial charge in [-0.05, 0) is 98.7 Å². The quantitative estimate of drug-likeness (QED) is 0.224. The number of esters is 1. The Morgan fingerprint density at radius 2 is 1.31 bits per heavy atom. The van der Waals surface area contributed by atoms with Gasteiger partial charge in [-0.3, -0.25) is 9.97 Å². The molecule has 10 heteroatoms. The summed E-state index contributed by atoms with van der Waals surface area (Å²) in [6.45, 7) is 6.96. The molecule has 8 nitrogen and oxygen atoms in total. The third-order valence-electron chi connectivity index (χ3n) is 5.37. The maximum atomic E-state index is 13.7. The highest BCUT2D eigenvalue weighted by atomic mass is 32.3. The highest BCUT2D eigenvalue weighted by Crippen LogP contribution is 2.70. The van der Waals surface area contributed by atoms with Crippen LogP contribution in [-0.2, 0) is 23.3 Å². The van der Waals surface area contributed by atoms with E-state index in [4.69, 9.17) is 13.1 Å². The third-order valence-corrected chi connectivity index (χ3v) is 10.5. The lowest BCUT2D eigenvalue weighted by molar-refractivity contribution is -0.157. The summed E-state index contributed by atoms with van der Waals surface area (Å²) in [5.41, 5.74) is 0.301. The molecule has 0 unspecified atom stereocenters. The zero-order chi connectivity index (χ0) is 28.1. The first-order valence-corrected chi connectivity index (χ1v) is 15.1. The summed E-state index contributed by atoms with van der Waals surface area (Å²) in [5.74, 6) is -0.0820. The topological polar surface area (TPSA) is 105 Å². The van der Waals surface area contributed by atoms with Gasteiger partial charge in [-0.1, -0.05) is 17.7 Å². The molecule has 39 heavy (non-hydrogen) atoms. The van der Waals surface area contributed by atoms with Gasteiger partial charge in [0.15, 0.2) is 6.61 Å². The Balaban J connectivity index is 1.79. The summed E-state index contributed by atoms with van der Waals surface area (Å²) >= 11 is 0. The minimum absolute atomic E-state index is 0.0371. The van der Waals surface area contributed by atoms with Crippen molar-refractivity contribution < 1.29 is 26.3 Å². The van der Waals surface area contributed by atoms with Crippen LogP contribution in [0.4, 0.5) is 0 Å². The number of aryl methyl sites for hydroxylation is 1. The molecule has 0 N–H and O–H groups in total. The molecule has 0 saturated heterocycles. The van der Waals surface area contributed by atoms with E-state index in [2.05, 4.69) is 9.97 Å². The predicted octanol–water partition coefficient (Wildman–Crippen LogP) is 6.11. The largest absolute Gasteiger partial charge is 0.482 e. The molecule has 204 valence electrons. The van der Waals surface area contributed by atoms with Crippen molar-refractivity contribution in [2.75, 3.05) is 6.61 Å². The lowest BCUT2D eigenvalue weighted by atomic mass is 10.2. The molecule has 0 saturated carbocycles. The molecule has 0 aliphatic heterocycles. The van der Waals surface area contributed by atoms with Crippen LogP contribution in [0.5, 0.6) is 5.75 Å². The fourth-order valence-corrected chi connectivity index (χ4v) is 8.78. The fourth-order valence-electron chi connectivity index (χ4n) is 3.68. The van der Waals surface area contributed by atoms with Crippen LogP contribution in [0.2, 0.25) is 0 Å². The van der Waals surface area contributed by atoms with Gasteiger partial charge in [0, 0.05) is 39.5 Å². The number of benzene rings is 2. The molecule has 0 spiro atoms. The Morgan fingerprint density at radius 3 is 1.79 bits per heavy atom. The van der Waals surface area contributed by atoms with Crippen molar-refractivity contribution in [1.29, 1.82) is 0 Å². The number of carbonyl (C=O) groups is 1. The Hall–Kier alpha value is -3.73. The van der Waals surface area contributed by atoms with Crippen LogP contribution in [0.25, 0.3) is 0 Å². The van der Waals surface area contributed by atoms with Gasteiger partial charge in [0.1, 0.15) is 11.4 Å². The average Bonchev–Trinajstić information content (AvgIpc) is 2.91. The van der Waals surface area contributed by atoms with Crippen LogP contribution in [0.15, 0.2) is 117 Å². The zero-order valence-corrected chi connectivity index (χ0v) is 23.7. The van der Waals surface area contributed by atoms with Gasteiger partial charge >= 0.3 is 16.1 Å². The molecular weight excluding hydrogens is 536 g/mol. The van der Waals surface area contributed by atoms with E-state index in [1.54, 1.807) is 106 Å². The second kappa shape index (κ2) is 11.6. The van der Waals surface area contributed by atoms with Crippen LogP contribution >= 0.6 is 10.3 Å². The smallest absolute Gasteiger partial charge is 0.344 e. The van der Waals surface area contributed by atoms with Crippen LogP contribution < -0.4 is 4.74 Å². The molecule has 0 aliphatic rings. The summed E-state index contributed by atoms with van der Waals surface area (Å²) in [6, 6.07) is 20.3. The first-order chi connectivity index (χ1) is 18.5. The van der Waals surface area contributed by atoms with Gasteiger partial charge < -0.3 is 9.47 Å².